The number of halogens is 1. The highest BCUT2D eigenvalue weighted by molar-refractivity contribution is 7.88. The fourth-order valence-electron chi connectivity index (χ4n) is 2.50. The molecule has 0 spiro atoms. The van der Waals surface area contributed by atoms with Crippen molar-refractivity contribution in [3.63, 3.8) is 0 Å². The molecule has 0 aliphatic carbocycles. The molecule has 0 radical (unpaired) electrons. The quantitative estimate of drug-likeness (QED) is 0.613. The van der Waals surface area contributed by atoms with E-state index in [0.29, 0.717) is 25.1 Å². The average Bonchev–Trinajstić information content (AvgIpc) is 2.72. The fourth-order valence-corrected chi connectivity index (χ4v) is 3.41. The van der Waals surface area contributed by atoms with Crippen LogP contribution in [0.3, 0.4) is 0 Å². The number of amides is 1. The Bertz CT molecular complexity index is 728. The minimum Gasteiger partial charge on any atom is -0.273 e. The first-order valence-corrected chi connectivity index (χ1v) is 9.02. The lowest BCUT2D eigenvalue weighted by molar-refractivity contribution is -0.126. The van der Waals surface area contributed by atoms with Crippen LogP contribution in [0.5, 0.6) is 0 Å². The van der Waals surface area contributed by atoms with Crippen LogP contribution in [-0.4, -0.2) is 54.0 Å². The van der Waals surface area contributed by atoms with E-state index in [1.165, 1.54) is 17.6 Å². The van der Waals surface area contributed by atoms with Gasteiger partial charge in [-0.1, -0.05) is 0 Å². The topological polar surface area (TPSA) is 96.7 Å². The molecule has 0 aromatic carbocycles. The summed E-state index contributed by atoms with van der Waals surface area (Å²) in [5, 5.41) is 7.65. The number of hydrazone groups is 1. The molecule has 2 heterocycles. The van der Waals surface area contributed by atoms with Crippen LogP contribution in [0, 0.1) is 18.8 Å². The Kier molecular flexibility index (Phi) is 5.15. The van der Waals surface area contributed by atoms with Crippen LogP contribution in [-0.2, 0) is 21.9 Å². The Morgan fingerprint density at radius 1 is 1.52 bits per heavy atom. The molecular formula is C13H20FN5O3S. The van der Waals surface area contributed by atoms with E-state index in [9.17, 15) is 17.6 Å². The molecule has 1 saturated heterocycles. The zero-order chi connectivity index (χ0) is 17.2. The van der Waals surface area contributed by atoms with Gasteiger partial charge in [-0.25, -0.2) is 22.8 Å². The zero-order valence-corrected chi connectivity index (χ0v) is 14.1. The van der Waals surface area contributed by atoms with Crippen molar-refractivity contribution in [3.8, 4) is 0 Å². The summed E-state index contributed by atoms with van der Waals surface area (Å²) in [6.07, 6.45) is 3.53. The van der Waals surface area contributed by atoms with Gasteiger partial charge in [0.25, 0.3) is 0 Å². The average molecular weight is 345 g/mol. The van der Waals surface area contributed by atoms with E-state index in [1.807, 2.05) is 0 Å². The van der Waals surface area contributed by atoms with Gasteiger partial charge in [-0.2, -0.15) is 14.6 Å². The number of hydrogen-bond acceptors (Lipinski definition) is 5. The van der Waals surface area contributed by atoms with Crippen LogP contribution in [0.25, 0.3) is 0 Å². The smallest absolute Gasteiger partial charge is 0.244 e. The molecule has 128 valence electrons. The van der Waals surface area contributed by atoms with Crippen molar-refractivity contribution in [1.29, 1.82) is 0 Å². The predicted octanol–water partition coefficient (Wildman–Crippen LogP) is -0.0107. The zero-order valence-electron chi connectivity index (χ0n) is 13.3. The van der Waals surface area contributed by atoms with Gasteiger partial charge in [-0.3, -0.25) is 4.79 Å². The summed E-state index contributed by atoms with van der Waals surface area (Å²) in [5.74, 6) is -1.38. The summed E-state index contributed by atoms with van der Waals surface area (Å²) in [7, 11) is -1.84. The molecule has 0 saturated carbocycles. The molecule has 1 N–H and O–H groups in total. The predicted molar refractivity (Wildman–Crippen MR) is 82.8 cm³/mol. The molecule has 1 aliphatic rings. The lowest BCUT2D eigenvalue weighted by Gasteiger charge is -2.29. The lowest BCUT2D eigenvalue weighted by Crippen LogP contribution is -2.44. The second kappa shape index (κ2) is 6.75. The van der Waals surface area contributed by atoms with Gasteiger partial charge < -0.3 is 0 Å². The summed E-state index contributed by atoms with van der Waals surface area (Å²) in [6.45, 7) is 2.20. The minimum atomic E-state index is -3.31. The van der Waals surface area contributed by atoms with Gasteiger partial charge in [0.15, 0.2) is 0 Å². The number of nitrogens with one attached hydrogen (secondary N) is 1. The molecule has 0 bridgehead atoms. The third kappa shape index (κ3) is 4.14. The van der Waals surface area contributed by atoms with E-state index in [4.69, 9.17) is 0 Å². The number of aromatic nitrogens is 2. The third-order valence-electron chi connectivity index (χ3n) is 3.79. The number of hydrogen-bond donors (Lipinski definition) is 1. The normalized spacial score (nSPS) is 20.1. The SMILES string of the molecule is Cc1nn(C)c(F)c1/C=N\NC(=O)[C@H]1CCCN(S(C)(=O)=O)C1. The van der Waals surface area contributed by atoms with Crippen molar-refractivity contribution in [2.24, 2.45) is 18.1 Å². The summed E-state index contributed by atoms with van der Waals surface area (Å²) >= 11 is 0. The van der Waals surface area contributed by atoms with Crippen molar-refractivity contribution < 1.29 is 17.6 Å². The molecule has 1 amide bonds. The number of carbonyl (C=O) groups excluding carboxylic acids is 1. The van der Waals surface area contributed by atoms with Gasteiger partial charge >= 0.3 is 0 Å². The maximum atomic E-state index is 13.7. The van der Waals surface area contributed by atoms with Gasteiger partial charge in [0.1, 0.15) is 0 Å². The molecular weight excluding hydrogens is 325 g/mol. The Morgan fingerprint density at radius 3 is 2.78 bits per heavy atom. The molecule has 1 aromatic heterocycles. The first kappa shape index (κ1) is 17.5. The van der Waals surface area contributed by atoms with E-state index in [2.05, 4.69) is 15.6 Å². The fraction of sp³-hybridized carbons (Fsp3) is 0.615. The van der Waals surface area contributed by atoms with Crippen molar-refractivity contribution in [1.82, 2.24) is 19.5 Å². The molecule has 2 rings (SSSR count). The van der Waals surface area contributed by atoms with Crippen molar-refractivity contribution in [2.45, 2.75) is 19.8 Å². The van der Waals surface area contributed by atoms with Gasteiger partial charge in [0.2, 0.25) is 21.9 Å². The van der Waals surface area contributed by atoms with Crippen LogP contribution < -0.4 is 5.43 Å². The molecule has 1 aliphatic heterocycles. The van der Waals surface area contributed by atoms with Crippen molar-refractivity contribution in [3.05, 3.63) is 17.2 Å². The molecule has 1 atom stereocenters. The maximum Gasteiger partial charge on any atom is 0.244 e. The standard InChI is InChI=1S/C13H20FN5O3S/c1-9-11(12(14)18(2)17-9)7-15-16-13(20)10-5-4-6-19(8-10)23(3,21)22/h7,10H,4-6,8H2,1-3H3,(H,16,20)/b15-7-/t10-/m0/s1. The molecule has 0 unspecified atom stereocenters. The first-order chi connectivity index (χ1) is 10.7. The first-order valence-electron chi connectivity index (χ1n) is 7.17. The Morgan fingerprint density at radius 2 is 2.22 bits per heavy atom. The van der Waals surface area contributed by atoms with Crippen LogP contribution in [0.1, 0.15) is 24.1 Å². The molecule has 8 nitrogen and oxygen atoms in total. The van der Waals surface area contributed by atoms with Gasteiger partial charge in [-0.05, 0) is 19.8 Å². The third-order valence-corrected chi connectivity index (χ3v) is 5.06. The highest BCUT2D eigenvalue weighted by atomic mass is 32.2. The van der Waals surface area contributed by atoms with Gasteiger partial charge in [0, 0.05) is 20.1 Å². The number of rotatable bonds is 4. The number of nitrogens with zero attached hydrogens (tertiary/aromatic N) is 4. The summed E-state index contributed by atoms with van der Waals surface area (Å²) in [5.41, 5.74) is 3.01. The van der Waals surface area contributed by atoms with Crippen LogP contribution in [0.15, 0.2) is 5.10 Å². The Hall–Kier alpha value is -1.81. The second-order valence-corrected chi connectivity index (χ2v) is 7.59. The highest BCUT2D eigenvalue weighted by Crippen LogP contribution is 2.18. The number of piperidine rings is 1. The van der Waals surface area contributed by atoms with Crippen LogP contribution >= 0.6 is 0 Å². The Balaban J connectivity index is 1.98. The number of aryl methyl sites for hydroxylation is 2. The van der Waals surface area contributed by atoms with E-state index in [0.717, 1.165) is 10.9 Å². The summed E-state index contributed by atoms with van der Waals surface area (Å²) in [6, 6.07) is 0. The minimum absolute atomic E-state index is 0.139. The van der Waals surface area contributed by atoms with Gasteiger partial charge in [-0.15, -0.1) is 0 Å². The van der Waals surface area contributed by atoms with Crippen molar-refractivity contribution >= 4 is 22.1 Å². The molecule has 1 aromatic rings. The second-order valence-electron chi connectivity index (χ2n) is 5.61. The molecule has 23 heavy (non-hydrogen) atoms. The van der Waals surface area contributed by atoms with E-state index in [-0.39, 0.29) is 18.0 Å². The summed E-state index contributed by atoms with van der Waals surface area (Å²) < 4.78 is 39.2. The number of sulfonamides is 1. The molecule has 1 fully saturated rings. The van der Waals surface area contributed by atoms with E-state index < -0.39 is 21.9 Å². The van der Waals surface area contributed by atoms with E-state index >= 15 is 0 Å². The van der Waals surface area contributed by atoms with Crippen LogP contribution in [0.2, 0.25) is 0 Å². The lowest BCUT2D eigenvalue weighted by atomic mass is 9.99. The maximum absolute atomic E-state index is 13.7. The van der Waals surface area contributed by atoms with Gasteiger partial charge in [0.05, 0.1) is 29.6 Å². The highest BCUT2D eigenvalue weighted by Gasteiger charge is 2.30. The number of carbonyl (C=O) groups is 1. The largest absolute Gasteiger partial charge is 0.273 e. The summed E-state index contributed by atoms with van der Waals surface area (Å²) in [4.78, 5) is 12.1. The Labute approximate surface area is 134 Å². The molecule has 10 heteroatoms. The van der Waals surface area contributed by atoms with Crippen LogP contribution in [0.4, 0.5) is 4.39 Å². The van der Waals surface area contributed by atoms with E-state index in [1.54, 1.807) is 6.92 Å². The monoisotopic (exact) mass is 345 g/mol. The van der Waals surface area contributed by atoms with Crippen molar-refractivity contribution in [2.75, 3.05) is 19.3 Å².